The number of aromatic amines is 1. The van der Waals surface area contributed by atoms with E-state index in [9.17, 15) is 9.59 Å². The van der Waals surface area contributed by atoms with Crippen LogP contribution in [0.25, 0.3) is 10.9 Å². The minimum atomic E-state index is -1.03. The van der Waals surface area contributed by atoms with Crippen LogP contribution in [0.3, 0.4) is 0 Å². The molecule has 0 saturated heterocycles. The number of carbonyl (C=O) groups is 2. The maximum absolute atomic E-state index is 11.1. The van der Waals surface area contributed by atoms with E-state index in [1.807, 2.05) is 24.3 Å². The Labute approximate surface area is 140 Å². The summed E-state index contributed by atoms with van der Waals surface area (Å²) in [5.41, 5.74) is 1.84. The van der Waals surface area contributed by atoms with E-state index in [0.29, 0.717) is 0 Å². The second-order valence-electron chi connectivity index (χ2n) is 4.15. The summed E-state index contributed by atoms with van der Waals surface area (Å²) in [5.74, 6) is -1.38. The van der Waals surface area contributed by atoms with Gasteiger partial charge in [0.2, 0.25) is 5.91 Å². The standard InChI is InChI=1S/C13H14N2O3.Ca.2H/c1-8(16)15-12(13(17)18)6-9-7-14-11-5-3-2-4-10(9)11;;;/h2-5,7,12,14H,6H2,1H3,(H,15,16)(H,17,18);;;/t12-;;;/m0.../s1. The van der Waals surface area contributed by atoms with E-state index in [0.717, 1.165) is 16.5 Å². The Hall–Kier alpha value is -1.04. The van der Waals surface area contributed by atoms with Crippen molar-refractivity contribution in [2.75, 3.05) is 0 Å². The molecule has 0 radical (unpaired) electrons. The quantitative estimate of drug-likeness (QED) is 0.712. The Kier molecular flexibility index (Phi) is 5.84. The van der Waals surface area contributed by atoms with Crippen LogP contribution < -0.4 is 5.32 Å². The number of nitrogens with one attached hydrogen (secondary N) is 2. The van der Waals surface area contributed by atoms with E-state index in [4.69, 9.17) is 5.11 Å². The Bertz CT molecular complexity index is 594. The van der Waals surface area contributed by atoms with E-state index in [2.05, 4.69) is 10.3 Å². The van der Waals surface area contributed by atoms with Gasteiger partial charge in [0.05, 0.1) is 0 Å². The molecule has 5 nitrogen and oxygen atoms in total. The second kappa shape index (κ2) is 6.93. The number of hydrogen-bond donors (Lipinski definition) is 3. The van der Waals surface area contributed by atoms with Gasteiger partial charge in [-0.15, -0.1) is 0 Å². The molecule has 0 aliphatic carbocycles. The zero-order chi connectivity index (χ0) is 13.1. The minimum absolute atomic E-state index is 0. The Balaban J connectivity index is 0.00000180. The van der Waals surface area contributed by atoms with Crippen LogP contribution in [0.4, 0.5) is 0 Å². The van der Waals surface area contributed by atoms with Crippen LogP contribution in [0.5, 0.6) is 0 Å². The van der Waals surface area contributed by atoms with Crippen LogP contribution in [0.15, 0.2) is 30.5 Å². The van der Waals surface area contributed by atoms with Crippen LogP contribution in [0.1, 0.15) is 12.5 Å². The number of carbonyl (C=O) groups excluding carboxylic acids is 1. The first-order valence-corrected chi connectivity index (χ1v) is 5.63. The Morgan fingerprint density at radius 1 is 1.37 bits per heavy atom. The third-order valence-electron chi connectivity index (χ3n) is 2.77. The molecule has 6 heteroatoms. The van der Waals surface area contributed by atoms with Crippen LogP contribution >= 0.6 is 0 Å². The first-order valence-electron chi connectivity index (χ1n) is 5.63. The van der Waals surface area contributed by atoms with E-state index < -0.39 is 12.0 Å². The summed E-state index contributed by atoms with van der Waals surface area (Å²) >= 11 is 0. The SMILES string of the molecule is CC(=O)N[C@@H](Cc1c[nH]c2ccccc12)C(=O)O.[CaH2]. The van der Waals surface area contributed by atoms with Gasteiger partial charge in [-0.1, -0.05) is 18.2 Å². The molecule has 3 N–H and O–H groups in total. The molecule has 1 aromatic carbocycles. The number of carboxylic acid groups (broad SMARTS) is 1. The summed E-state index contributed by atoms with van der Waals surface area (Å²) in [7, 11) is 0. The number of fused-ring (bicyclic) bond motifs is 1. The van der Waals surface area contributed by atoms with Crippen molar-refractivity contribution in [3.05, 3.63) is 36.0 Å². The number of rotatable bonds is 4. The predicted molar refractivity (Wildman–Crippen MR) is 75.8 cm³/mol. The van der Waals surface area contributed by atoms with Crippen LogP contribution in [-0.2, 0) is 16.0 Å². The van der Waals surface area contributed by atoms with Crippen LogP contribution in [0.2, 0.25) is 0 Å². The molecule has 0 fully saturated rings. The molecule has 98 valence electrons. The molecule has 0 spiro atoms. The fraction of sp³-hybridized carbons (Fsp3) is 0.231. The summed E-state index contributed by atoms with van der Waals surface area (Å²) in [6.45, 7) is 1.31. The normalized spacial score (nSPS) is 11.6. The van der Waals surface area contributed by atoms with Gasteiger partial charge in [0.15, 0.2) is 0 Å². The molecule has 1 amide bonds. The van der Waals surface area contributed by atoms with Crippen molar-refractivity contribution < 1.29 is 14.7 Å². The van der Waals surface area contributed by atoms with Crippen molar-refractivity contribution in [1.29, 1.82) is 0 Å². The second-order valence-corrected chi connectivity index (χ2v) is 4.15. The van der Waals surface area contributed by atoms with Gasteiger partial charge < -0.3 is 15.4 Å². The summed E-state index contributed by atoms with van der Waals surface area (Å²) in [5, 5.41) is 12.5. The molecule has 19 heavy (non-hydrogen) atoms. The molecule has 1 aromatic heterocycles. The first-order chi connectivity index (χ1) is 8.58. The molecular formula is C13H16CaN2O3. The van der Waals surface area contributed by atoms with Crippen LogP contribution in [-0.4, -0.2) is 65.7 Å². The fourth-order valence-corrected chi connectivity index (χ4v) is 1.97. The van der Waals surface area contributed by atoms with Gasteiger partial charge in [-0.3, -0.25) is 4.79 Å². The third-order valence-corrected chi connectivity index (χ3v) is 2.77. The zero-order valence-corrected chi connectivity index (χ0v) is 9.93. The molecule has 1 heterocycles. The molecule has 0 saturated carbocycles. The van der Waals surface area contributed by atoms with Gasteiger partial charge in [0.25, 0.3) is 0 Å². The predicted octanol–water partition coefficient (Wildman–Crippen LogP) is 0.383. The van der Waals surface area contributed by atoms with Crippen molar-refractivity contribution in [2.45, 2.75) is 19.4 Å². The van der Waals surface area contributed by atoms with E-state index in [-0.39, 0.29) is 50.1 Å². The van der Waals surface area contributed by atoms with Crippen molar-refractivity contribution >= 4 is 60.5 Å². The maximum atomic E-state index is 11.1. The molecule has 0 unspecified atom stereocenters. The molecular weight excluding hydrogens is 272 g/mol. The number of carboxylic acids is 1. The number of aliphatic carboxylic acids is 1. The number of amides is 1. The van der Waals surface area contributed by atoms with Gasteiger partial charge in [-0.25, -0.2) is 4.79 Å². The van der Waals surface area contributed by atoms with Gasteiger partial charge in [0.1, 0.15) is 6.04 Å². The molecule has 0 bridgehead atoms. The van der Waals surface area contributed by atoms with Crippen molar-refractivity contribution in [1.82, 2.24) is 10.3 Å². The summed E-state index contributed by atoms with van der Waals surface area (Å²) in [6, 6.07) is 6.75. The molecule has 2 aromatic rings. The third kappa shape index (κ3) is 3.96. The molecule has 1 atom stereocenters. The summed E-state index contributed by atoms with van der Waals surface area (Å²) in [6.07, 6.45) is 2.04. The topological polar surface area (TPSA) is 82.2 Å². The average molecular weight is 288 g/mol. The van der Waals surface area contributed by atoms with Crippen molar-refractivity contribution in [3.63, 3.8) is 0 Å². The van der Waals surface area contributed by atoms with Crippen molar-refractivity contribution in [3.8, 4) is 0 Å². The number of benzene rings is 1. The van der Waals surface area contributed by atoms with E-state index >= 15 is 0 Å². The average Bonchev–Trinajstić information content (AvgIpc) is 2.71. The van der Waals surface area contributed by atoms with Gasteiger partial charge in [-0.05, 0) is 11.6 Å². The first kappa shape index (κ1) is 16.0. The van der Waals surface area contributed by atoms with E-state index in [1.165, 1.54) is 6.92 Å². The summed E-state index contributed by atoms with van der Waals surface area (Å²) in [4.78, 5) is 25.1. The number of H-pyrrole nitrogens is 1. The molecule has 2 rings (SSSR count). The number of aromatic nitrogens is 1. The number of para-hydroxylation sites is 1. The van der Waals surface area contributed by atoms with E-state index in [1.54, 1.807) is 6.20 Å². The summed E-state index contributed by atoms with van der Waals surface area (Å²) < 4.78 is 0. The fourth-order valence-electron chi connectivity index (χ4n) is 1.97. The monoisotopic (exact) mass is 288 g/mol. The van der Waals surface area contributed by atoms with Gasteiger partial charge in [0, 0.05) is 30.4 Å². The van der Waals surface area contributed by atoms with Gasteiger partial charge in [-0.2, -0.15) is 0 Å². The van der Waals surface area contributed by atoms with Gasteiger partial charge >= 0.3 is 43.7 Å². The van der Waals surface area contributed by atoms with Crippen molar-refractivity contribution in [2.24, 2.45) is 0 Å². The Morgan fingerprint density at radius 3 is 2.68 bits per heavy atom. The molecule has 0 aliphatic rings. The zero-order valence-electron chi connectivity index (χ0n) is 9.93. The molecule has 0 aliphatic heterocycles. The Morgan fingerprint density at radius 2 is 2.05 bits per heavy atom. The number of hydrogen-bond acceptors (Lipinski definition) is 2. The van der Waals surface area contributed by atoms with Crippen LogP contribution in [0, 0.1) is 0 Å².